The van der Waals surface area contributed by atoms with E-state index >= 15 is 0 Å². The van der Waals surface area contributed by atoms with Crippen LogP contribution in [0.25, 0.3) is 10.2 Å². The second-order valence-corrected chi connectivity index (χ2v) is 10.7. The van der Waals surface area contributed by atoms with Crippen molar-refractivity contribution in [3.8, 4) is 5.75 Å². The number of benzene rings is 2. The molecule has 0 saturated carbocycles. The SMILES string of the molecule is COc1cccc2sc(N3CCN(C(=O)CCCS(=O)(=O)c4ccc(F)cc4)CC3)nc12. The number of ether oxygens (including phenoxy) is 1. The van der Waals surface area contributed by atoms with Gasteiger partial charge in [-0.25, -0.2) is 17.8 Å². The quantitative estimate of drug-likeness (QED) is 0.486. The van der Waals surface area contributed by atoms with Crippen molar-refractivity contribution in [1.82, 2.24) is 9.88 Å². The molecule has 2 heterocycles. The molecule has 0 atom stereocenters. The number of piperazine rings is 1. The van der Waals surface area contributed by atoms with E-state index in [9.17, 15) is 17.6 Å². The number of nitrogens with zero attached hydrogens (tertiary/aromatic N) is 3. The van der Waals surface area contributed by atoms with E-state index in [4.69, 9.17) is 9.72 Å². The van der Waals surface area contributed by atoms with Gasteiger partial charge in [-0.15, -0.1) is 0 Å². The van der Waals surface area contributed by atoms with Gasteiger partial charge in [-0.3, -0.25) is 4.79 Å². The van der Waals surface area contributed by atoms with Crippen LogP contribution < -0.4 is 9.64 Å². The molecular formula is C22H24FN3O4S2. The lowest BCUT2D eigenvalue weighted by molar-refractivity contribution is -0.131. The maximum Gasteiger partial charge on any atom is 0.222 e. The van der Waals surface area contributed by atoms with Gasteiger partial charge in [-0.1, -0.05) is 17.4 Å². The number of para-hydroxylation sites is 1. The van der Waals surface area contributed by atoms with Gasteiger partial charge in [0.2, 0.25) is 5.91 Å². The van der Waals surface area contributed by atoms with Crippen molar-refractivity contribution >= 4 is 42.4 Å². The van der Waals surface area contributed by atoms with Crippen LogP contribution in [-0.4, -0.2) is 63.3 Å². The van der Waals surface area contributed by atoms with E-state index in [1.807, 2.05) is 18.2 Å². The van der Waals surface area contributed by atoms with Gasteiger partial charge in [0.25, 0.3) is 0 Å². The van der Waals surface area contributed by atoms with Gasteiger partial charge in [0.15, 0.2) is 15.0 Å². The smallest absolute Gasteiger partial charge is 0.222 e. The van der Waals surface area contributed by atoms with Crippen LogP contribution in [0, 0.1) is 5.82 Å². The van der Waals surface area contributed by atoms with Crippen LogP contribution in [-0.2, 0) is 14.6 Å². The van der Waals surface area contributed by atoms with Crippen LogP contribution >= 0.6 is 11.3 Å². The zero-order valence-electron chi connectivity index (χ0n) is 17.7. The Kier molecular flexibility index (Phi) is 6.61. The Morgan fingerprint density at radius 1 is 1.12 bits per heavy atom. The van der Waals surface area contributed by atoms with E-state index in [2.05, 4.69) is 4.90 Å². The van der Waals surface area contributed by atoms with Crippen LogP contribution in [0.5, 0.6) is 5.75 Å². The number of fused-ring (bicyclic) bond motifs is 1. The van der Waals surface area contributed by atoms with E-state index in [1.165, 1.54) is 12.1 Å². The third-order valence-electron chi connectivity index (χ3n) is 5.47. The van der Waals surface area contributed by atoms with Gasteiger partial charge >= 0.3 is 0 Å². The second-order valence-electron chi connectivity index (χ2n) is 7.55. The predicted octanol–water partition coefficient (Wildman–Crippen LogP) is 3.35. The minimum absolute atomic E-state index is 0.0510. The molecule has 0 bridgehead atoms. The van der Waals surface area contributed by atoms with Crippen molar-refractivity contribution in [2.75, 3.05) is 43.9 Å². The molecular weight excluding hydrogens is 453 g/mol. The van der Waals surface area contributed by atoms with E-state index in [0.29, 0.717) is 26.2 Å². The van der Waals surface area contributed by atoms with Gasteiger partial charge in [0.05, 0.1) is 22.5 Å². The van der Waals surface area contributed by atoms with Crippen LogP contribution in [0.1, 0.15) is 12.8 Å². The molecule has 170 valence electrons. The van der Waals surface area contributed by atoms with Crippen molar-refractivity contribution in [3.63, 3.8) is 0 Å². The zero-order chi connectivity index (χ0) is 22.7. The van der Waals surface area contributed by atoms with E-state index in [0.717, 1.165) is 33.2 Å². The lowest BCUT2D eigenvalue weighted by atomic mass is 10.2. The average molecular weight is 478 g/mol. The van der Waals surface area contributed by atoms with Crippen LogP contribution in [0.15, 0.2) is 47.4 Å². The maximum atomic E-state index is 13.0. The minimum Gasteiger partial charge on any atom is -0.494 e. The molecule has 1 fully saturated rings. The summed E-state index contributed by atoms with van der Waals surface area (Å²) in [5, 5.41) is 0.905. The molecule has 1 saturated heterocycles. The first kappa shape index (κ1) is 22.5. The number of halogens is 1. The van der Waals surface area contributed by atoms with E-state index in [-0.39, 0.29) is 29.4 Å². The molecule has 0 aliphatic carbocycles. The summed E-state index contributed by atoms with van der Waals surface area (Å²) in [5.41, 5.74) is 0.843. The van der Waals surface area contributed by atoms with Crippen molar-refractivity contribution in [3.05, 3.63) is 48.3 Å². The van der Waals surface area contributed by atoms with Crippen LogP contribution in [0.2, 0.25) is 0 Å². The summed E-state index contributed by atoms with van der Waals surface area (Å²) >= 11 is 1.60. The number of hydrogen-bond donors (Lipinski definition) is 0. The summed E-state index contributed by atoms with van der Waals surface area (Å²) in [4.78, 5) is 21.3. The number of hydrogen-bond acceptors (Lipinski definition) is 7. The van der Waals surface area contributed by atoms with Crippen molar-refractivity contribution < 1.29 is 22.3 Å². The molecule has 7 nitrogen and oxygen atoms in total. The molecule has 0 radical (unpaired) electrons. The van der Waals surface area contributed by atoms with Crippen LogP contribution in [0.4, 0.5) is 9.52 Å². The number of sulfone groups is 1. The van der Waals surface area contributed by atoms with Gasteiger partial charge in [-0.2, -0.15) is 0 Å². The molecule has 0 N–H and O–H groups in total. The van der Waals surface area contributed by atoms with Crippen molar-refractivity contribution in [2.45, 2.75) is 17.7 Å². The number of carbonyl (C=O) groups is 1. The molecule has 1 amide bonds. The number of anilines is 1. The molecule has 0 unspecified atom stereocenters. The Bertz CT molecular complexity index is 1200. The van der Waals surface area contributed by atoms with E-state index in [1.54, 1.807) is 23.3 Å². The fourth-order valence-corrected chi connectivity index (χ4v) is 6.04. The zero-order valence-corrected chi connectivity index (χ0v) is 19.3. The normalized spacial score (nSPS) is 14.7. The minimum atomic E-state index is -3.53. The molecule has 32 heavy (non-hydrogen) atoms. The highest BCUT2D eigenvalue weighted by atomic mass is 32.2. The monoisotopic (exact) mass is 477 g/mol. The van der Waals surface area contributed by atoms with Crippen molar-refractivity contribution in [1.29, 1.82) is 0 Å². The van der Waals surface area contributed by atoms with Gasteiger partial charge in [0.1, 0.15) is 17.1 Å². The highest BCUT2D eigenvalue weighted by molar-refractivity contribution is 7.91. The first-order valence-corrected chi connectivity index (χ1v) is 12.8. The topological polar surface area (TPSA) is 79.8 Å². The Morgan fingerprint density at radius 3 is 2.53 bits per heavy atom. The number of carbonyl (C=O) groups excluding carboxylic acids is 1. The second kappa shape index (κ2) is 9.41. The number of methoxy groups -OCH3 is 1. The van der Waals surface area contributed by atoms with E-state index < -0.39 is 15.7 Å². The van der Waals surface area contributed by atoms with Gasteiger partial charge < -0.3 is 14.5 Å². The number of amides is 1. The van der Waals surface area contributed by atoms with Gasteiger partial charge in [-0.05, 0) is 42.8 Å². The predicted molar refractivity (Wildman–Crippen MR) is 123 cm³/mol. The van der Waals surface area contributed by atoms with Gasteiger partial charge in [0, 0.05) is 32.6 Å². The highest BCUT2D eigenvalue weighted by Gasteiger charge is 2.24. The summed E-state index contributed by atoms with van der Waals surface area (Å²) in [6, 6.07) is 10.6. The number of thiazole rings is 1. The fraction of sp³-hybridized carbons (Fsp3) is 0.364. The molecule has 1 aliphatic rings. The lowest BCUT2D eigenvalue weighted by Gasteiger charge is -2.34. The maximum absolute atomic E-state index is 13.0. The van der Waals surface area contributed by atoms with Crippen LogP contribution in [0.3, 0.4) is 0 Å². The molecule has 1 aromatic heterocycles. The molecule has 3 aromatic rings. The molecule has 0 spiro atoms. The molecule has 2 aromatic carbocycles. The summed E-state index contributed by atoms with van der Waals surface area (Å²) in [6.07, 6.45) is 0.398. The largest absolute Gasteiger partial charge is 0.494 e. The summed E-state index contributed by atoms with van der Waals surface area (Å²) in [7, 11) is -1.90. The Balaban J connectivity index is 1.29. The summed E-state index contributed by atoms with van der Waals surface area (Å²) in [5.74, 6) is 0.0697. The first-order chi connectivity index (χ1) is 15.4. The third-order valence-corrected chi connectivity index (χ3v) is 8.37. The van der Waals surface area contributed by atoms with Crippen molar-refractivity contribution in [2.24, 2.45) is 0 Å². The Hall–Kier alpha value is -2.72. The summed E-state index contributed by atoms with van der Waals surface area (Å²) < 4.78 is 44.1. The average Bonchev–Trinajstić information content (AvgIpc) is 3.24. The number of rotatable bonds is 7. The molecule has 1 aliphatic heterocycles. The fourth-order valence-electron chi connectivity index (χ4n) is 3.69. The Labute approximate surface area is 190 Å². The Morgan fingerprint density at radius 2 is 1.84 bits per heavy atom. The molecule has 4 rings (SSSR count). The molecule has 10 heteroatoms. The lowest BCUT2D eigenvalue weighted by Crippen LogP contribution is -2.48. The standard InChI is InChI=1S/C22H24FN3O4S2/c1-30-18-4-2-5-19-21(18)24-22(31-19)26-13-11-25(12-14-26)20(27)6-3-15-32(28,29)17-9-7-16(23)8-10-17/h2,4-5,7-10H,3,6,11-15H2,1H3. The first-order valence-electron chi connectivity index (χ1n) is 10.3. The number of aromatic nitrogens is 1. The highest BCUT2D eigenvalue weighted by Crippen LogP contribution is 2.34. The third kappa shape index (κ3) is 4.86. The summed E-state index contributed by atoms with van der Waals surface area (Å²) in [6.45, 7) is 2.47.